The van der Waals surface area contributed by atoms with Crippen LogP contribution in [0.4, 0.5) is 0 Å². The van der Waals surface area contributed by atoms with E-state index in [1.54, 1.807) is 28.6 Å². The molecule has 160 valence electrons. The highest BCUT2D eigenvalue weighted by molar-refractivity contribution is 7.89. The predicted molar refractivity (Wildman–Crippen MR) is 116 cm³/mol. The molecule has 1 fully saturated rings. The van der Waals surface area contributed by atoms with Gasteiger partial charge in [0.1, 0.15) is 5.69 Å². The molecule has 0 aliphatic carbocycles. The van der Waals surface area contributed by atoms with Crippen molar-refractivity contribution in [2.45, 2.75) is 64.9 Å². The van der Waals surface area contributed by atoms with Gasteiger partial charge in [-0.15, -0.1) is 0 Å². The summed E-state index contributed by atoms with van der Waals surface area (Å²) in [6.45, 7) is 13.3. The van der Waals surface area contributed by atoms with E-state index in [-0.39, 0.29) is 22.9 Å². The lowest BCUT2D eigenvalue weighted by Gasteiger charge is -2.34. The number of benzene rings is 1. The number of carbonyl (C=O) groups is 1. The van der Waals surface area contributed by atoms with E-state index in [2.05, 4.69) is 18.8 Å². The molecule has 7 heteroatoms. The van der Waals surface area contributed by atoms with Crippen LogP contribution in [0.25, 0.3) is 10.9 Å². The first kappa shape index (κ1) is 21.8. The zero-order chi connectivity index (χ0) is 21.5. The summed E-state index contributed by atoms with van der Waals surface area (Å²) in [6, 6.07) is 6.98. The quantitative estimate of drug-likeness (QED) is 0.793. The Morgan fingerprint density at radius 3 is 2.21 bits per heavy atom. The van der Waals surface area contributed by atoms with Crippen LogP contribution in [0.1, 0.15) is 58.5 Å². The van der Waals surface area contributed by atoms with Crippen LogP contribution in [0, 0.1) is 11.8 Å². The van der Waals surface area contributed by atoms with Gasteiger partial charge in [0.2, 0.25) is 10.0 Å². The van der Waals surface area contributed by atoms with Crippen molar-refractivity contribution in [2.75, 3.05) is 13.1 Å². The fraction of sp³-hybridized carbons (Fsp3) is 0.591. The fourth-order valence-electron chi connectivity index (χ4n) is 4.54. The number of carbonyl (C=O) groups excluding carboxylic acids is 1. The monoisotopic (exact) mass is 419 g/mol. The molecule has 2 heterocycles. The van der Waals surface area contributed by atoms with E-state index in [0.717, 1.165) is 17.3 Å². The molecular weight excluding hydrogens is 386 g/mol. The van der Waals surface area contributed by atoms with Gasteiger partial charge in [-0.1, -0.05) is 13.8 Å². The summed E-state index contributed by atoms with van der Waals surface area (Å²) in [5, 5.41) is 0.736. The standard InChI is InChI=1S/C22H33N3O3S/c1-14(2)25(15(3)4)22(26)21-11-18-10-19(7-8-20(18)23-21)29(27,28)24-12-16(5)9-17(6)13-24/h7-8,10-11,14-17,23H,9,12-13H2,1-6H3. The Bertz CT molecular complexity index is 976. The second-order valence-corrected chi connectivity index (χ2v) is 11.0. The molecule has 1 amide bonds. The smallest absolute Gasteiger partial charge is 0.270 e. The van der Waals surface area contributed by atoms with Crippen molar-refractivity contribution in [3.8, 4) is 0 Å². The minimum absolute atomic E-state index is 0.0747. The number of rotatable bonds is 5. The van der Waals surface area contributed by atoms with Crippen molar-refractivity contribution in [1.29, 1.82) is 0 Å². The molecule has 2 aromatic rings. The molecule has 6 nitrogen and oxygen atoms in total. The van der Waals surface area contributed by atoms with Gasteiger partial charge in [0.05, 0.1) is 4.90 Å². The van der Waals surface area contributed by atoms with E-state index in [1.165, 1.54) is 0 Å². The summed E-state index contributed by atoms with van der Waals surface area (Å²) in [6.07, 6.45) is 1.05. The minimum atomic E-state index is -3.55. The van der Waals surface area contributed by atoms with Crippen LogP contribution >= 0.6 is 0 Å². The van der Waals surface area contributed by atoms with Crippen LogP contribution in [0.15, 0.2) is 29.2 Å². The minimum Gasteiger partial charge on any atom is -0.351 e. The molecule has 0 radical (unpaired) electrons. The lowest BCUT2D eigenvalue weighted by molar-refractivity contribution is 0.0638. The van der Waals surface area contributed by atoms with Crippen LogP contribution in [-0.2, 0) is 10.0 Å². The Morgan fingerprint density at radius 1 is 1.07 bits per heavy atom. The first-order valence-electron chi connectivity index (χ1n) is 10.5. The van der Waals surface area contributed by atoms with Gasteiger partial charge in [0, 0.05) is 36.1 Å². The number of fused-ring (bicyclic) bond motifs is 1. The summed E-state index contributed by atoms with van der Waals surface area (Å²) in [7, 11) is -3.55. The molecule has 3 rings (SSSR count). The number of amides is 1. The second kappa shape index (κ2) is 8.11. The highest BCUT2D eigenvalue weighted by Crippen LogP contribution is 2.28. The van der Waals surface area contributed by atoms with Crippen molar-refractivity contribution in [1.82, 2.24) is 14.2 Å². The summed E-state index contributed by atoms with van der Waals surface area (Å²) in [5.74, 6) is 0.632. The average Bonchev–Trinajstić information content (AvgIpc) is 3.03. The molecule has 2 unspecified atom stereocenters. The van der Waals surface area contributed by atoms with Crippen molar-refractivity contribution in [3.05, 3.63) is 30.0 Å². The van der Waals surface area contributed by atoms with Crippen LogP contribution < -0.4 is 0 Å². The van der Waals surface area contributed by atoms with Crippen molar-refractivity contribution in [2.24, 2.45) is 11.8 Å². The predicted octanol–water partition coefficient (Wildman–Crippen LogP) is 4.09. The number of hydrogen-bond acceptors (Lipinski definition) is 3. The van der Waals surface area contributed by atoms with Crippen molar-refractivity contribution in [3.63, 3.8) is 0 Å². The largest absolute Gasteiger partial charge is 0.351 e. The summed E-state index contributed by atoms with van der Waals surface area (Å²) in [4.78, 5) is 18.2. The molecule has 1 N–H and O–H groups in total. The molecule has 29 heavy (non-hydrogen) atoms. The maximum Gasteiger partial charge on any atom is 0.270 e. The topological polar surface area (TPSA) is 73.5 Å². The van der Waals surface area contributed by atoms with E-state index in [1.807, 2.05) is 32.6 Å². The van der Waals surface area contributed by atoms with E-state index in [0.29, 0.717) is 30.6 Å². The van der Waals surface area contributed by atoms with Crippen molar-refractivity contribution < 1.29 is 13.2 Å². The molecule has 1 saturated heterocycles. The van der Waals surface area contributed by atoms with Gasteiger partial charge in [-0.3, -0.25) is 4.79 Å². The first-order chi connectivity index (χ1) is 13.5. The number of hydrogen-bond donors (Lipinski definition) is 1. The third-order valence-corrected chi connectivity index (χ3v) is 7.47. The third kappa shape index (κ3) is 4.36. The van der Waals surface area contributed by atoms with Crippen LogP contribution in [0.5, 0.6) is 0 Å². The molecule has 0 spiro atoms. The number of sulfonamides is 1. The van der Waals surface area contributed by atoms with E-state index >= 15 is 0 Å². The molecule has 1 aliphatic rings. The molecule has 1 aliphatic heterocycles. The van der Waals surface area contributed by atoms with Gasteiger partial charge in [-0.25, -0.2) is 8.42 Å². The Kier molecular flexibility index (Phi) is 6.11. The normalized spacial score (nSPS) is 21.2. The summed E-state index contributed by atoms with van der Waals surface area (Å²) >= 11 is 0. The van der Waals surface area contributed by atoms with Crippen molar-refractivity contribution >= 4 is 26.8 Å². The zero-order valence-electron chi connectivity index (χ0n) is 18.3. The van der Waals surface area contributed by atoms with Crippen LogP contribution in [0.3, 0.4) is 0 Å². The Balaban J connectivity index is 1.94. The number of aromatic amines is 1. The highest BCUT2D eigenvalue weighted by atomic mass is 32.2. The summed E-state index contributed by atoms with van der Waals surface area (Å²) < 4.78 is 28.0. The highest BCUT2D eigenvalue weighted by Gasteiger charge is 2.32. The lowest BCUT2D eigenvalue weighted by atomic mass is 9.94. The average molecular weight is 420 g/mol. The van der Waals surface area contributed by atoms with Gasteiger partial charge in [-0.05, 0) is 70.2 Å². The van der Waals surface area contributed by atoms with Gasteiger partial charge < -0.3 is 9.88 Å². The van der Waals surface area contributed by atoms with Gasteiger partial charge >= 0.3 is 0 Å². The molecular formula is C22H33N3O3S. The van der Waals surface area contributed by atoms with Crippen LogP contribution in [0.2, 0.25) is 0 Å². The van der Waals surface area contributed by atoms with Gasteiger partial charge in [0.25, 0.3) is 5.91 Å². The number of nitrogens with one attached hydrogen (secondary N) is 1. The van der Waals surface area contributed by atoms with E-state index < -0.39 is 10.0 Å². The maximum atomic E-state index is 13.2. The second-order valence-electron chi connectivity index (χ2n) is 9.10. The Morgan fingerprint density at radius 2 is 1.66 bits per heavy atom. The molecule has 0 bridgehead atoms. The molecule has 2 atom stereocenters. The third-order valence-electron chi connectivity index (χ3n) is 5.64. The SMILES string of the molecule is CC1CC(C)CN(S(=O)(=O)c2ccc3[nH]c(C(=O)N(C(C)C)C(C)C)cc3c2)C1. The molecule has 1 aromatic carbocycles. The summed E-state index contributed by atoms with van der Waals surface area (Å²) in [5.41, 5.74) is 1.25. The first-order valence-corrected chi connectivity index (χ1v) is 11.9. The number of nitrogens with zero attached hydrogens (tertiary/aromatic N) is 2. The molecule has 0 saturated carbocycles. The van der Waals surface area contributed by atoms with E-state index in [9.17, 15) is 13.2 Å². The number of H-pyrrole nitrogens is 1. The Hall–Kier alpha value is -1.86. The molecule has 1 aromatic heterocycles. The van der Waals surface area contributed by atoms with Crippen LogP contribution in [-0.4, -0.2) is 53.7 Å². The number of piperidine rings is 1. The van der Waals surface area contributed by atoms with Gasteiger partial charge in [0.15, 0.2) is 0 Å². The number of aromatic nitrogens is 1. The lowest BCUT2D eigenvalue weighted by Crippen LogP contribution is -2.42. The van der Waals surface area contributed by atoms with E-state index in [4.69, 9.17) is 0 Å². The maximum absolute atomic E-state index is 13.2. The van der Waals surface area contributed by atoms with Gasteiger partial charge in [-0.2, -0.15) is 4.31 Å². The Labute approximate surface area is 174 Å². The zero-order valence-corrected chi connectivity index (χ0v) is 19.1. The fourth-order valence-corrected chi connectivity index (χ4v) is 6.26.